The molecular formula is C37H38IrNO2S-. The predicted molar refractivity (Wildman–Crippen MR) is 175 cm³/mol. The number of fused-ring (bicyclic) bond motifs is 1. The SMILES string of the molecule is CC(=O)/C=C(/C)O.Cc1[c-]c(-c2ccc3cc(-c4ccc(-c5c(C)cccc5C)cc4)sc3n2)cc(C(C)(C)C)c1.[Ir]. The zero-order valence-electron chi connectivity index (χ0n) is 25.5. The Morgan fingerprint density at radius 3 is 2.05 bits per heavy atom. The van der Waals surface area contributed by atoms with E-state index in [1.807, 2.05) is 0 Å². The van der Waals surface area contributed by atoms with Gasteiger partial charge in [0.05, 0.1) is 5.76 Å². The van der Waals surface area contributed by atoms with Crippen molar-refractivity contribution in [3.63, 3.8) is 0 Å². The molecule has 1 N–H and O–H groups in total. The third-order valence-electron chi connectivity index (χ3n) is 6.88. The van der Waals surface area contributed by atoms with Gasteiger partial charge in [0.2, 0.25) is 0 Å². The van der Waals surface area contributed by atoms with Crippen molar-refractivity contribution in [3.05, 3.63) is 113 Å². The number of aliphatic hydroxyl groups is 1. The maximum atomic E-state index is 10.0. The van der Waals surface area contributed by atoms with Crippen LogP contribution in [0, 0.1) is 26.8 Å². The molecule has 0 aliphatic heterocycles. The molecule has 0 atom stereocenters. The first-order valence-electron chi connectivity index (χ1n) is 13.8. The van der Waals surface area contributed by atoms with Gasteiger partial charge in [0.15, 0.2) is 5.78 Å². The molecule has 219 valence electrons. The van der Waals surface area contributed by atoms with Crippen molar-refractivity contribution in [2.75, 3.05) is 0 Å². The number of aromatic nitrogens is 1. The number of rotatable bonds is 4. The summed E-state index contributed by atoms with van der Waals surface area (Å²) in [5.74, 6) is -0.0625. The van der Waals surface area contributed by atoms with Gasteiger partial charge in [0.25, 0.3) is 0 Å². The van der Waals surface area contributed by atoms with Crippen LogP contribution >= 0.6 is 11.3 Å². The van der Waals surface area contributed by atoms with E-state index in [1.54, 1.807) is 11.3 Å². The van der Waals surface area contributed by atoms with Crippen molar-refractivity contribution in [2.24, 2.45) is 0 Å². The summed E-state index contributed by atoms with van der Waals surface area (Å²) < 4.78 is 0. The summed E-state index contributed by atoms with van der Waals surface area (Å²) in [7, 11) is 0. The van der Waals surface area contributed by atoms with Crippen molar-refractivity contribution in [2.45, 2.75) is 60.8 Å². The van der Waals surface area contributed by atoms with Crippen LogP contribution < -0.4 is 0 Å². The number of pyridine rings is 1. The minimum atomic E-state index is -0.125. The predicted octanol–water partition coefficient (Wildman–Crippen LogP) is 10.4. The summed E-state index contributed by atoms with van der Waals surface area (Å²) in [6.45, 7) is 16.1. The number of carbonyl (C=O) groups excluding carboxylic acids is 1. The van der Waals surface area contributed by atoms with Gasteiger partial charge >= 0.3 is 0 Å². The average Bonchev–Trinajstić information content (AvgIpc) is 3.31. The number of hydrogen-bond donors (Lipinski definition) is 1. The molecule has 3 nitrogen and oxygen atoms in total. The number of benzene rings is 3. The Balaban J connectivity index is 0.000000541. The summed E-state index contributed by atoms with van der Waals surface area (Å²) in [6.07, 6.45) is 1.17. The van der Waals surface area contributed by atoms with Crippen molar-refractivity contribution in [1.82, 2.24) is 4.98 Å². The van der Waals surface area contributed by atoms with Gasteiger partial charge in [-0.3, -0.25) is 9.78 Å². The molecule has 0 aliphatic carbocycles. The molecule has 5 rings (SSSR count). The Hall–Kier alpha value is -3.37. The van der Waals surface area contributed by atoms with Crippen molar-refractivity contribution in [3.8, 4) is 32.8 Å². The van der Waals surface area contributed by atoms with E-state index in [1.165, 1.54) is 63.6 Å². The first-order chi connectivity index (χ1) is 19.3. The molecule has 2 aromatic heterocycles. The molecule has 42 heavy (non-hydrogen) atoms. The van der Waals surface area contributed by atoms with Crippen LogP contribution in [0.1, 0.15) is 56.9 Å². The van der Waals surface area contributed by atoms with Crippen LogP contribution in [-0.4, -0.2) is 15.9 Å². The number of allylic oxidation sites excluding steroid dienone is 2. The fraction of sp³-hybridized carbons (Fsp3) is 0.243. The molecule has 1 radical (unpaired) electrons. The molecular weight excluding hydrogens is 715 g/mol. The van der Waals surface area contributed by atoms with Crippen molar-refractivity contribution in [1.29, 1.82) is 0 Å². The summed E-state index contributed by atoms with van der Waals surface area (Å²) >= 11 is 1.76. The molecule has 0 aliphatic rings. The van der Waals surface area contributed by atoms with Crippen LogP contribution in [0.15, 0.2) is 84.6 Å². The summed E-state index contributed by atoms with van der Waals surface area (Å²) in [4.78, 5) is 17.4. The zero-order chi connectivity index (χ0) is 29.9. The van der Waals surface area contributed by atoms with Gasteiger partial charge in [-0.15, -0.1) is 46.2 Å². The number of thiophene rings is 1. The molecule has 0 amide bonds. The minimum Gasteiger partial charge on any atom is -0.512 e. The van der Waals surface area contributed by atoms with E-state index < -0.39 is 0 Å². The Kier molecular flexibility index (Phi) is 10.8. The fourth-order valence-corrected chi connectivity index (χ4v) is 5.90. The number of nitrogens with zero attached hydrogens (tertiary/aromatic N) is 1. The van der Waals surface area contributed by atoms with Crippen LogP contribution in [0.25, 0.3) is 43.0 Å². The minimum absolute atomic E-state index is 0. The van der Waals surface area contributed by atoms with Crippen LogP contribution in [0.4, 0.5) is 0 Å². The Morgan fingerprint density at radius 1 is 0.881 bits per heavy atom. The van der Waals surface area contributed by atoms with Crippen LogP contribution in [-0.2, 0) is 30.3 Å². The van der Waals surface area contributed by atoms with E-state index in [-0.39, 0.29) is 37.1 Å². The normalized spacial score (nSPS) is 11.5. The number of aliphatic hydroxyl groups excluding tert-OH is 1. The van der Waals surface area contributed by atoms with E-state index in [0.29, 0.717) is 0 Å². The zero-order valence-corrected chi connectivity index (χ0v) is 28.8. The number of carbonyl (C=O) groups is 1. The second-order valence-electron chi connectivity index (χ2n) is 11.7. The molecule has 0 saturated carbocycles. The van der Waals surface area contributed by atoms with E-state index in [2.05, 4.69) is 120 Å². The Morgan fingerprint density at radius 2 is 1.50 bits per heavy atom. The quantitative estimate of drug-likeness (QED) is 0.113. The van der Waals surface area contributed by atoms with Gasteiger partial charge in [-0.1, -0.05) is 82.3 Å². The van der Waals surface area contributed by atoms with E-state index in [0.717, 1.165) is 21.7 Å². The van der Waals surface area contributed by atoms with Gasteiger partial charge in [-0.2, -0.15) is 0 Å². The number of ketones is 1. The molecule has 0 saturated heterocycles. The summed E-state index contributed by atoms with van der Waals surface area (Å²) in [5.41, 5.74) is 11.1. The molecule has 0 spiro atoms. The van der Waals surface area contributed by atoms with Crippen molar-refractivity contribution < 1.29 is 30.0 Å². The molecule has 5 aromatic rings. The molecule has 0 bridgehead atoms. The summed E-state index contributed by atoms with van der Waals surface area (Å²) in [6, 6.07) is 30.0. The van der Waals surface area contributed by atoms with E-state index in [9.17, 15) is 4.79 Å². The smallest absolute Gasteiger partial charge is 0.155 e. The maximum absolute atomic E-state index is 10.0. The maximum Gasteiger partial charge on any atom is 0.155 e. The number of aryl methyl sites for hydroxylation is 3. The van der Waals surface area contributed by atoms with Crippen molar-refractivity contribution >= 4 is 27.3 Å². The average molecular weight is 753 g/mol. The topological polar surface area (TPSA) is 50.2 Å². The van der Waals surface area contributed by atoms with Crippen LogP contribution in [0.5, 0.6) is 0 Å². The van der Waals surface area contributed by atoms with E-state index >= 15 is 0 Å². The van der Waals surface area contributed by atoms with Gasteiger partial charge in [0.1, 0.15) is 4.83 Å². The van der Waals surface area contributed by atoms with Gasteiger partial charge in [0, 0.05) is 36.4 Å². The van der Waals surface area contributed by atoms with Crippen LogP contribution in [0.3, 0.4) is 0 Å². The third kappa shape index (κ3) is 8.13. The standard InChI is InChI=1S/C32H30NS.C5H8O2.Ir/c1-20-16-26(18-27(17-20)32(4,5)6)28-15-14-25-19-29(34-31(25)33-28)23-10-12-24(13-11-23)30-21(2)8-7-9-22(30)3;1-4(6)3-5(2)7;/h7-15,17-19H,1-6H3;3,6H,1-2H3;/q-1;;/b;4-3-;. The van der Waals surface area contributed by atoms with Gasteiger partial charge in [-0.25, -0.2) is 0 Å². The monoisotopic (exact) mass is 753 g/mol. The molecule has 0 fully saturated rings. The first-order valence-corrected chi connectivity index (χ1v) is 14.6. The van der Waals surface area contributed by atoms with Crippen LogP contribution in [0.2, 0.25) is 0 Å². The molecule has 3 aromatic carbocycles. The molecule has 0 unspecified atom stereocenters. The Bertz CT molecular complexity index is 1720. The second kappa shape index (κ2) is 13.7. The number of hydrogen-bond acceptors (Lipinski definition) is 4. The molecule has 5 heteroatoms. The third-order valence-corrected chi connectivity index (χ3v) is 7.97. The first kappa shape index (κ1) is 33.1. The fourth-order valence-electron chi connectivity index (χ4n) is 4.86. The van der Waals surface area contributed by atoms with E-state index in [4.69, 9.17) is 10.1 Å². The van der Waals surface area contributed by atoms with Gasteiger partial charge < -0.3 is 5.11 Å². The van der Waals surface area contributed by atoms with Gasteiger partial charge in [-0.05, 0) is 72.7 Å². The summed E-state index contributed by atoms with van der Waals surface area (Å²) in [5, 5.41) is 9.55. The Labute approximate surface area is 267 Å². The molecule has 2 heterocycles. The largest absolute Gasteiger partial charge is 0.512 e. The second-order valence-corrected chi connectivity index (χ2v) is 12.7.